The van der Waals surface area contributed by atoms with E-state index in [-0.39, 0.29) is 22.9 Å². The number of anilines is 1. The topological polar surface area (TPSA) is 195 Å². The van der Waals surface area contributed by atoms with Gasteiger partial charge in [0.1, 0.15) is 17.9 Å². The zero-order valence-electron chi connectivity index (χ0n) is 24.9. The summed E-state index contributed by atoms with van der Waals surface area (Å²) in [5, 5.41) is 3.10. The molecule has 244 valence electrons. The van der Waals surface area contributed by atoms with Crippen LogP contribution < -0.4 is 15.8 Å². The molecule has 2 aromatic heterocycles. The summed E-state index contributed by atoms with van der Waals surface area (Å²) >= 11 is 0. The predicted octanol–water partition coefficient (Wildman–Crippen LogP) is 5.51. The number of aromatic nitrogens is 2. The first-order valence-electron chi connectivity index (χ1n) is 13.5. The number of rotatable bonds is 9. The third kappa shape index (κ3) is 11.7. The molecule has 0 fully saturated rings. The monoisotopic (exact) mass is 672 g/mol. The Hall–Kier alpha value is -4.67. The second-order valence-corrected chi connectivity index (χ2v) is 12.5. The number of benzene rings is 3. The van der Waals surface area contributed by atoms with E-state index in [2.05, 4.69) is 15.3 Å². The normalized spacial score (nSPS) is 11.6. The first kappa shape index (κ1) is 35.8. The minimum absolute atomic E-state index is 0.0666. The number of fused-ring (bicyclic) bond motifs is 1. The summed E-state index contributed by atoms with van der Waals surface area (Å²) in [5.74, 6) is 0.560. The van der Waals surface area contributed by atoms with Crippen molar-refractivity contribution in [3.63, 3.8) is 0 Å². The van der Waals surface area contributed by atoms with E-state index in [1.807, 2.05) is 26.0 Å². The molecule has 15 heteroatoms. The molecule has 0 amide bonds. The smallest absolute Gasteiger partial charge is 0.295 e. The van der Waals surface area contributed by atoms with E-state index in [1.165, 1.54) is 24.3 Å². The zero-order chi connectivity index (χ0) is 33.7. The maximum Gasteiger partial charge on any atom is 0.295 e. The average Bonchev–Trinajstić information content (AvgIpc) is 3.44. The quantitative estimate of drug-likeness (QED) is 0.144. The molecule has 2 heterocycles. The molecule has 0 aliphatic rings. The fourth-order valence-corrected chi connectivity index (χ4v) is 4.44. The van der Waals surface area contributed by atoms with Gasteiger partial charge in [-0.2, -0.15) is 21.8 Å². The number of hydrogen-bond donors (Lipinski definition) is 4. The molecule has 3 aromatic carbocycles. The fraction of sp³-hybridized carbons (Fsp3) is 0.161. The van der Waals surface area contributed by atoms with Gasteiger partial charge in [-0.1, -0.05) is 41.5 Å². The first-order chi connectivity index (χ1) is 21.8. The Kier molecular flexibility index (Phi) is 12.9. The molecule has 5 rings (SSSR count). The van der Waals surface area contributed by atoms with E-state index in [0.29, 0.717) is 41.3 Å². The minimum atomic E-state index is -4.02. The number of ether oxygens (including phenoxy) is 1. The van der Waals surface area contributed by atoms with Crippen LogP contribution in [0.2, 0.25) is 0 Å². The second-order valence-electron chi connectivity index (χ2n) is 9.70. The van der Waals surface area contributed by atoms with Crippen molar-refractivity contribution in [2.45, 2.75) is 30.2 Å². The van der Waals surface area contributed by atoms with Gasteiger partial charge < -0.3 is 20.2 Å². The minimum Gasteiger partial charge on any atom is -0.489 e. The summed E-state index contributed by atoms with van der Waals surface area (Å²) in [7, 11) is -8.04. The molecule has 5 aromatic rings. The Bertz CT molecular complexity index is 1880. The van der Waals surface area contributed by atoms with Gasteiger partial charge in [-0.05, 0) is 61.9 Å². The van der Waals surface area contributed by atoms with Crippen molar-refractivity contribution in [2.24, 2.45) is 5.73 Å². The van der Waals surface area contributed by atoms with Crippen LogP contribution in [0.25, 0.3) is 11.1 Å². The average molecular weight is 673 g/mol. The second kappa shape index (κ2) is 16.6. The van der Waals surface area contributed by atoms with Gasteiger partial charge in [0.2, 0.25) is 0 Å². The SMILES string of the molecule is Cc1ccc(S(=O)(=O)O)cc1.Cc1ccc(S(=O)(=O)O)cc1.NC/C(=C/F)COc1ccc2nc(NCc3cccnc3)oc2c1. The van der Waals surface area contributed by atoms with Crippen molar-refractivity contribution in [2.75, 3.05) is 18.5 Å². The lowest BCUT2D eigenvalue weighted by molar-refractivity contribution is 0.347. The lowest BCUT2D eigenvalue weighted by Crippen LogP contribution is -2.10. The summed E-state index contributed by atoms with van der Waals surface area (Å²) in [6.07, 6.45) is 3.96. The van der Waals surface area contributed by atoms with E-state index >= 15 is 0 Å². The maximum absolute atomic E-state index is 12.5. The van der Waals surface area contributed by atoms with Gasteiger partial charge in [-0.25, -0.2) is 4.39 Å². The largest absolute Gasteiger partial charge is 0.489 e. The number of hydrogen-bond acceptors (Lipinski definition) is 10. The van der Waals surface area contributed by atoms with Crippen molar-refractivity contribution in [3.05, 3.63) is 120 Å². The Morgan fingerprint density at radius 3 is 2.00 bits per heavy atom. The van der Waals surface area contributed by atoms with Crippen LogP contribution in [-0.4, -0.2) is 49.1 Å². The Labute approximate surface area is 266 Å². The Balaban J connectivity index is 0.000000217. The lowest BCUT2D eigenvalue weighted by atomic mass is 10.2. The van der Waals surface area contributed by atoms with Gasteiger partial charge >= 0.3 is 0 Å². The first-order valence-corrected chi connectivity index (χ1v) is 16.4. The van der Waals surface area contributed by atoms with Crippen molar-refractivity contribution < 1.29 is 39.5 Å². The molecule has 0 saturated carbocycles. The molecule has 0 unspecified atom stereocenters. The van der Waals surface area contributed by atoms with E-state index in [4.69, 9.17) is 24.0 Å². The molecule has 0 radical (unpaired) electrons. The van der Waals surface area contributed by atoms with Gasteiger partial charge in [0.05, 0.1) is 16.1 Å². The molecule has 0 aliphatic carbocycles. The van der Waals surface area contributed by atoms with Crippen molar-refractivity contribution >= 4 is 37.4 Å². The number of aryl methyl sites for hydroxylation is 2. The van der Waals surface area contributed by atoms with Gasteiger partial charge in [0, 0.05) is 37.1 Å². The third-order valence-electron chi connectivity index (χ3n) is 6.00. The standard InChI is InChI=1S/C17H17FN4O2.2C7H8O3S/c18-7-13(8-19)11-23-14-3-4-15-16(6-14)24-17(22-15)21-10-12-2-1-5-20-9-12;2*1-6-2-4-7(5-3-6)11(8,9)10/h1-7,9H,8,10-11,19H2,(H,21,22);2*2-5H,1H3,(H,8,9,10)/b13-7-;;. The molecule has 0 spiro atoms. The van der Waals surface area contributed by atoms with Crippen molar-refractivity contribution in [3.8, 4) is 5.75 Å². The molecule has 12 nitrogen and oxygen atoms in total. The van der Waals surface area contributed by atoms with Gasteiger partial charge in [-0.15, -0.1) is 0 Å². The van der Waals surface area contributed by atoms with E-state index < -0.39 is 20.2 Å². The van der Waals surface area contributed by atoms with Crippen LogP contribution in [0.1, 0.15) is 16.7 Å². The summed E-state index contributed by atoms with van der Waals surface area (Å²) in [4.78, 5) is 8.27. The van der Waals surface area contributed by atoms with E-state index in [0.717, 1.165) is 16.7 Å². The number of nitrogens with zero attached hydrogens (tertiary/aromatic N) is 2. The molecule has 0 atom stereocenters. The highest BCUT2D eigenvalue weighted by Gasteiger charge is 2.09. The molecular weight excluding hydrogens is 639 g/mol. The van der Waals surface area contributed by atoms with Crippen LogP contribution in [0.4, 0.5) is 10.4 Å². The molecule has 5 N–H and O–H groups in total. The molecule has 0 aliphatic heterocycles. The Morgan fingerprint density at radius 2 is 1.52 bits per heavy atom. The Morgan fingerprint density at radius 1 is 0.935 bits per heavy atom. The van der Waals surface area contributed by atoms with E-state index in [9.17, 15) is 21.2 Å². The number of oxazole rings is 1. The van der Waals surface area contributed by atoms with E-state index in [1.54, 1.807) is 54.9 Å². The molecule has 46 heavy (non-hydrogen) atoms. The maximum atomic E-state index is 12.5. The summed E-state index contributed by atoms with van der Waals surface area (Å²) in [5.41, 5.74) is 10.00. The number of pyridine rings is 1. The summed E-state index contributed by atoms with van der Waals surface area (Å²) < 4.78 is 82.7. The van der Waals surface area contributed by atoms with Crippen LogP contribution >= 0.6 is 0 Å². The molecule has 0 bridgehead atoms. The van der Waals surface area contributed by atoms with Gasteiger partial charge in [0.15, 0.2) is 5.58 Å². The van der Waals surface area contributed by atoms with Crippen LogP contribution in [0, 0.1) is 13.8 Å². The fourth-order valence-electron chi connectivity index (χ4n) is 3.48. The molecular formula is C31H33FN4O8S2. The highest BCUT2D eigenvalue weighted by molar-refractivity contribution is 7.86. The third-order valence-corrected chi connectivity index (χ3v) is 7.74. The van der Waals surface area contributed by atoms with Crippen molar-refractivity contribution in [1.82, 2.24) is 9.97 Å². The highest BCUT2D eigenvalue weighted by Crippen LogP contribution is 2.24. The number of nitrogens with one attached hydrogen (secondary N) is 1. The van der Waals surface area contributed by atoms with Crippen LogP contribution in [0.5, 0.6) is 5.75 Å². The number of nitrogens with two attached hydrogens (primary N) is 1. The van der Waals surface area contributed by atoms with Crippen molar-refractivity contribution in [1.29, 1.82) is 0 Å². The number of halogens is 1. The molecule has 0 saturated heterocycles. The van der Waals surface area contributed by atoms with Crippen LogP contribution in [0.15, 0.2) is 117 Å². The van der Waals surface area contributed by atoms with Crippen LogP contribution in [0.3, 0.4) is 0 Å². The lowest BCUT2D eigenvalue weighted by Gasteiger charge is -2.06. The predicted molar refractivity (Wildman–Crippen MR) is 171 cm³/mol. The van der Waals surface area contributed by atoms with Gasteiger partial charge in [0.25, 0.3) is 26.3 Å². The zero-order valence-corrected chi connectivity index (χ0v) is 26.5. The van der Waals surface area contributed by atoms with Crippen LogP contribution in [-0.2, 0) is 26.8 Å². The summed E-state index contributed by atoms with van der Waals surface area (Å²) in [6.45, 7) is 4.45. The highest BCUT2D eigenvalue weighted by atomic mass is 32.2. The van der Waals surface area contributed by atoms with Gasteiger partial charge in [-0.3, -0.25) is 14.1 Å². The summed E-state index contributed by atoms with van der Waals surface area (Å²) in [6, 6.07) is 21.5.